The molecule has 0 spiro atoms. The minimum absolute atomic E-state index is 0.0487. The molecule has 2 aromatic rings. The number of hydrogen-bond donors (Lipinski definition) is 1. The van der Waals surface area contributed by atoms with Gasteiger partial charge in [-0.3, -0.25) is 14.9 Å². The van der Waals surface area contributed by atoms with Crippen molar-refractivity contribution in [1.29, 1.82) is 0 Å². The second-order valence-corrected chi connectivity index (χ2v) is 11.2. The number of carbonyl (C=O) groups excluding carboxylic acids is 1. The fourth-order valence-corrected chi connectivity index (χ4v) is 4.78. The maximum atomic E-state index is 13.8. The van der Waals surface area contributed by atoms with Crippen LogP contribution in [0.25, 0.3) is 0 Å². The Morgan fingerprint density at radius 3 is 2.36 bits per heavy atom. The first-order valence-electron chi connectivity index (χ1n) is 14.2. The lowest BCUT2D eigenvalue weighted by Crippen LogP contribution is -2.43. The number of rotatable bonds is 12. The van der Waals surface area contributed by atoms with E-state index < -0.39 is 74.9 Å². The van der Waals surface area contributed by atoms with E-state index in [9.17, 15) is 28.4 Å². The number of aliphatic hydroxyl groups excluding tert-OH is 1. The maximum absolute atomic E-state index is 13.8. The molecule has 0 aliphatic rings. The Kier molecular flexibility index (Phi) is 7.35. The maximum Gasteiger partial charge on any atom is 0.306 e. The number of ether oxygens (including phenoxy) is 1. The van der Waals surface area contributed by atoms with Gasteiger partial charge in [0.15, 0.2) is 0 Å². The lowest BCUT2D eigenvalue weighted by Gasteiger charge is -2.30. The van der Waals surface area contributed by atoms with Gasteiger partial charge in [-0.2, -0.15) is 4.31 Å². The summed E-state index contributed by atoms with van der Waals surface area (Å²) in [6, 6.07) is 12.1. The summed E-state index contributed by atoms with van der Waals surface area (Å²) in [6.45, 7) is -2.16. The molecular formula is C26H36N2O7S. The third-order valence-corrected chi connectivity index (χ3v) is 6.70. The topological polar surface area (TPSA) is 127 Å². The van der Waals surface area contributed by atoms with Crippen molar-refractivity contribution in [2.75, 3.05) is 13.0 Å². The van der Waals surface area contributed by atoms with E-state index in [2.05, 4.69) is 0 Å². The zero-order chi connectivity index (χ0) is 32.3. The molecule has 36 heavy (non-hydrogen) atoms. The highest BCUT2D eigenvalue weighted by Crippen LogP contribution is 2.25. The highest BCUT2D eigenvalue weighted by Gasteiger charge is 2.32. The zero-order valence-electron chi connectivity index (χ0n) is 26.7. The first kappa shape index (κ1) is 21.3. The fraction of sp³-hybridized carbons (Fsp3) is 0.500. The van der Waals surface area contributed by atoms with Crippen LogP contribution in [0.1, 0.15) is 54.8 Å². The second kappa shape index (κ2) is 12.4. The average molecular weight is 527 g/mol. The molecule has 1 unspecified atom stereocenters. The molecule has 0 saturated heterocycles. The van der Waals surface area contributed by atoms with Gasteiger partial charge in [0.1, 0.15) is 5.60 Å². The van der Waals surface area contributed by atoms with Gasteiger partial charge in [0.2, 0.25) is 10.0 Å². The molecule has 2 aromatic carbocycles. The van der Waals surface area contributed by atoms with Crippen LogP contribution in [-0.4, -0.2) is 53.5 Å². The number of nitrogens with zero attached hydrogens (tertiary/aromatic N) is 2. The van der Waals surface area contributed by atoms with Crippen molar-refractivity contribution in [3.63, 3.8) is 0 Å². The molecule has 0 radical (unpaired) electrons. The molecule has 0 aliphatic carbocycles. The zero-order valence-corrected chi connectivity index (χ0v) is 21.5. The van der Waals surface area contributed by atoms with Crippen LogP contribution in [0, 0.1) is 21.9 Å². The van der Waals surface area contributed by atoms with Gasteiger partial charge in [0, 0.05) is 39.3 Å². The highest BCUT2D eigenvalue weighted by atomic mass is 32.2. The third-order valence-electron chi connectivity index (χ3n) is 5.01. The van der Waals surface area contributed by atoms with E-state index in [1.54, 1.807) is 51.1 Å². The number of aliphatic hydroxyl groups is 1. The van der Waals surface area contributed by atoms with Gasteiger partial charge in [0.25, 0.3) is 5.69 Å². The van der Waals surface area contributed by atoms with Crippen molar-refractivity contribution in [3.8, 4) is 0 Å². The van der Waals surface area contributed by atoms with Gasteiger partial charge >= 0.3 is 5.97 Å². The summed E-state index contributed by atoms with van der Waals surface area (Å²) in [7, 11) is -5.01. The molecule has 0 aromatic heterocycles. The third kappa shape index (κ3) is 9.00. The predicted molar refractivity (Wildman–Crippen MR) is 137 cm³/mol. The predicted octanol–water partition coefficient (Wildman–Crippen LogP) is 4.19. The Morgan fingerprint density at radius 1 is 1.22 bits per heavy atom. The molecular weight excluding hydrogens is 484 g/mol. The summed E-state index contributed by atoms with van der Waals surface area (Å²) in [5, 5.41) is 22.4. The molecule has 0 saturated carbocycles. The standard InChI is InChI=1S/C26H36N2O7S/c1-19(2)17-27(36(33,34)23-13-11-22(12-14-23)28(31)32)18-24(29)21(15-20-9-7-6-8-10-20)16-25(30)35-26(3,4)5/h6-14,19,21,24,29H,15-18H2,1-5H3/t21-,24-/m1/s1/i1D3,17D2,19D/t19?,21-,24-. The van der Waals surface area contributed by atoms with Crippen LogP contribution in [0.15, 0.2) is 59.5 Å². The van der Waals surface area contributed by atoms with Crippen LogP contribution in [0.5, 0.6) is 0 Å². The summed E-state index contributed by atoms with van der Waals surface area (Å²) in [5.41, 5.74) is -0.642. The van der Waals surface area contributed by atoms with Crippen molar-refractivity contribution < 1.29 is 36.2 Å². The van der Waals surface area contributed by atoms with Crippen molar-refractivity contribution >= 4 is 21.7 Å². The second-order valence-electron chi connectivity index (χ2n) is 9.33. The SMILES string of the molecule is [2H]C([2H])([2H])C([2H])(C)C([2H])([2H])N(C[C@@H](O)[C@@H](CC(=O)OC(C)(C)C)Cc1ccccc1)S(=O)(=O)c1ccc([N+](=O)[O-])cc1. The number of nitro groups is 1. The number of sulfonamides is 1. The molecule has 2 rings (SSSR count). The first-order chi connectivity index (χ1) is 19.0. The minimum atomic E-state index is -5.01. The number of nitro benzene ring substituents is 1. The van der Waals surface area contributed by atoms with Gasteiger partial charge in [0.05, 0.1) is 22.3 Å². The summed E-state index contributed by atoms with van der Waals surface area (Å²) in [5.74, 6) is -4.76. The fourth-order valence-electron chi connectivity index (χ4n) is 3.44. The van der Waals surface area contributed by atoms with Gasteiger partial charge in [-0.25, -0.2) is 8.42 Å². The molecule has 10 heteroatoms. The molecule has 0 amide bonds. The van der Waals surface area contributed by atoms with E-state index in [0.29, 0.717) is 12.5 Å². The smallest absolute Gasteiger partial charge is 0.306 e. The molecule has 3 atom stereocenters. The molecule has 9 nitrogen and oxygen atoms in total. The summed E-state index contributed by atoms with van der Waals surface area (Å²) >= 11 is 0. The lowest BCUT2D eigenvalue weighted by atomic mass is 9.90. The van der Waals surface area contributed by atoms with E-state index >= 15 is 0 Å². The molecule has 198 valence electrons. The van der Waals surface area contributed by atoms with Crippen molar-refractivity contribution in [1.82, 2.24) is 4.31 Å². The Hall–Kier alpha value is -2.82. The monoisotopic (exact) mass is 526 g/mol. The Morgan fingerprint density at radius 2 is 1.83 bits per heavy atom. The average Bonchev–Trinajstić information content (AvgIpc) is 2.85. The van der Waals surface area contributed by atoms with E-state index in [1.165, 1.54) is 0 Å². The molecule has 0 fully saturated rings. The van der Waals surface area contributed by atoms with Crippen LogP contribution in [0.4, 0.5) is 5.69 Å². The van der Waals surface area contributed by atoms with Crippen molar-refractivity contribution in [2.45, 2.75) is 64.0 Å². The van der Waals surface area contributed by atoms with E-state index in [-0.39, 0.29) is 17.1 Å². The van der Waals surface area contributed by atoms with Gasteiger partial charge < -0.3 is 9.84 Å². The van der Waals surface area contributed by atoms with Crippen LogP contribution >= 0.6 is 0 Å². The number of benzene rings is 2. The largest absolute Gasteiger partial charge is 0.460 e. The number of hydrogen-bond acceptors (Lipinski definition) is 7. The van der Waals surface area contributed by atoms with Crippen LogP contribution in [0.3, 0.4) is 0 Å². The van der Waals surface area contributed by atoms with Gasteiger partial charge in [-0.05, 0) is 50.8 Å². The number of esters is 1. The van der Waals surface area contributed by atoms with Gasteiger partial charge in [-0.1, -0.05) is 44.1 Å². The molecule has 0 aliphatic heterocycles. The highest BCUT2D eigenvalue weighted by molar-refractivity contribution is 7.89. The van der Waals surface area contributed by atoms with Crippen molar-refractivity contribution in [2.24, 2.45) is 11.8 Å². The quantitative estimate of drug-likeness (QED) is 0.249. The van der Waals surface area contributed by atoms with Gasteiger partial charge in [-0.15, -0.1) is 0 Å². The Bertz CT molecular complexity index is 1350. The Labute approximate surface area is 221 Å². The first-order valence-corrected chi connectivity index (χ1v) is 12.7. The van der Waals surface area contributed by atoms with Crippen LogP contribution in [0.2, 0.25) is 0 Å². The van der Waals surface area contributed by atoms with Crippen molar-refractivity contribution in [3.05, 3.63) is 70.3 Å². The summed E-state index contributed by atoms with van der Waals surface area (Å²) < 4.78 is 82.0. The number of carbonyl (C=O) groups is 1. The number of non-ortho nitro benzene ring substituents is 1. The van der Waals surface area contributed by atoms with E-state index in [0.717, 1.165) is 24.3 Å². The van der Waals surface area contributed by atoms with Crippen LogP contribution in [-0.2, 0) is 26.0 Å². The normalized spacial score (nSPS) is 18.8. The summed E-state index contributed by atoms with van der Waals surface area (Å²) in [4.78, 5) is 22.4. The molecule has 0 heterocycles. The van der Waals surface area contributed by atoms with E-state index in [1.807, 2.05) is 0 Å². The Balaban J connectivity index is 2.62. The summed E-state index contributed by atoms with van der Waals surface area (Å²) in [6.07, 6.45) is -2.08. The lowest BCUT2D eigenvalue weighted by molar-refractivity contribution is -0.384. The van der Waals surface area contributed by atoms with E-state index in [4.69, 9.17) is 13.0 Å². The van der Waals surface area contributed by atoms with Crippen LogP contribution < -0.4 is 0 Å². The molecule has 1 N–H and O–H groups in total. The minimum Gasteiger partial charge on any atom is -0.460 e. The molecule has 0 bridgehead atoms.